The van der Waals surface area contributed by atoms with Crippen molar-refractivity contribution in [3.63, 3.8) is 0 Å². The van der Waals surface area contributed by atoms with E-state index < -0.39 is 28.5 Å². The highest BCUT2D eigenvalue weighted by Crippen LogP contribution is 2.38. The van der Waals surface area contributed by atoms with Crippen molar-refractivity contribution in [3.8, 4) is 0 Å². The largest absolute Gasteiger partial charge is 0.423 e. The van der Waals surface area contributed by atoms with Gasteiger partial charge in [0.25, 0.3) is 0 Å². The number of hydroxylamine groups is 2. The van der Waals surface area contributed by atoms with Gasteiger partial charge in [-0.3, -0.25) is 4.55 Å². The van der Waals surface area contributed by atoms with Gasteiger partial charge in [-0.25, -0.2) is 4.79 Å². The summed E-state index contributed by atoms with van der Waals surface area (Å²) in [5.74, 6) is 0.889. The third-order valence-corrected chi connectivity index (χ3v) is 4.61. The van der Waals surface area contributed by atoms with E-state index in [0.717, 1.165) is 19.3 Å². The monoisotopic (exact) mass is 360 g/mol. The molecule has 10 nitrogen and oxygen atoms in total. The van der Waals surface area contributed by atoms with Crippen molar-refractivity contribution in [3.05, 3.63) is 11.8 Å². The highest BCUT2D eigenvalue weighted by Gasteiger charge is 2.49. The number of hydrogen-bond donors (Lipinski definition) is 1. The van der Waals surface area contributed by atoms with Crippen molar-refractivity contribution < 1.29 is 26.5 Å². The molecular formula is C13H20N4O6S. The molecule has 0 unspecified atom stereocenters. The van der Waals surface area contributed by atoms with E-state index in [-0.39, 0.29) is 6.54 Å². The quantitative estimate of drug-likeness (QED) is 0.572. The van der Waals surface area contributed by atoms with E-state index >= 15 is 0 Å². The molecule has 0 spiro atoms. The number of carbonyl (C=O) groups excluding carboxylic acids is 1. The van der Waals surface area contributed by atoms with Crippen LogP contribution in [0.3, 0.4) is 0 Å². The van der Waals surface area contributed by atoms with Crippen LogP contribution in [0.2, 0.25) is 0 Å². The first-order chi connectivity index (χ1) is 11.4. The van der Waals surface area contributed by atoms with Gasteiger partial charge in [-0.05, 0) is 19.3 Å². The SMILES string of the molecule is CCCCCc1nnc([C@@H]2CC[C@@H]3CN2C(=O)N3OS(=O)(=O)O)o1. The molecule has 2 bridgehead atoms. The van der Waals surface area contributed by atoms with E-state index in [1.807, 2.05) is 0 Å². The molecule has 0 saturated carbocycles. The van der Waals surface area contributed by atoms with E-state index in [2.05, 4.69) is 21.4 Å². The number of amides is 2. The molecule has 24 heavy (non-hydrogen) atoms. The third kappa shape index (κ3) is 3.52. The minimum Gasteiger partial charge on any atom is -0.423 e. The van der Waals surface area contributed by atoms with E-state index in [1.54, 1.807) is 0 Å². The smallest absolute Gasteiger partial charge is 0.418 e. The number of unbranched alkanes of at least 4 members (excludes halogenated alkanes) is 2. The van der Waals surface area contributed by atoms with Gasteiger partial charge in [0.05, 0.1) is 6.04 Å². The van der Waals surface area contributed by atoms with Gasteiger partial charge in [0, 0.05) is 13.0 Å². The van der Waals surface area contributed by atoms with Crippen molar-refractivity contribution >= 4 is 16.4 Å². The van der Waals surface area contributed by atoms with Gasteiger partial charge < -0.3 is 9.32 Å². The van der Waals surface area contributed by atoms with Gasteiger partial charge in [-0.2, -0.15) is 13.5 Å². The first kappa shape index (κ1) is 17.1. The molecule has 2 atom stereocenters. The summed E-state index contributed by atoms with van der Waals surface area (Å²) in [6.45, 7) is 2.39. The summed E-state index contributed by atoms with van der Waals surface area (Å²) in [6.07, 6.45) is 4.90. The molecule has 3 rings (SSSR count). The molecule has 11 heteroatoms. The second-order valence-electron chi connectivity index (χ2n) is 6.00. The Morgan fingerprint density at radius 3 is 2.83 bits per heavy atom. The number of aromatic nitrogens is 2. The number of fused-ring (bicyclic) bond motifs is 2. The van der Waals surface area contributed by atoms with Crippen molar-refractivity contribution in [1.82, 2.24) is 20.2 Å². The minimum absolute atomic E-state index is 0.284. The number of carbonyl (C=O) groups is 1. The minimum atomic E-state index is -4.74. The van der Waals surface area contributed by atoms with Gasteiger partial charge in [0.1, 0.15) is 6.04 Å². The molecule has 2 fully saturated rings. The topological polar surface area (TPSA) is 126 Å². The maximum atomic E-state index is 12.3. The van der Waals surface area contributed by atoms with E-state index in [1.165, 1.54) is 4.90 Å². The maximum Gasteiger partial charge on any atom is 0.418 e. The van der Waals surface area contributed by atoms with Crippen LogP contribution in [0.5, 0.6) is 0 Å². The Hall–Kier alpha value is -1.72. The lowest BCUT2D eigenvalue weighted by Crippen LogP contribution is -2.35. The molecule has 1 aromatic rings. The summed E-state index contributed by atoms with van der Waals surface area (Å²) in [7, 11) is -4.74. The second-order valence-corrected chi connectivity index (χ2v) is 7.01. The number of hydrogen-bond acceptors (Lipinski definition) is 7. The molecule has 0 radical (unpaired) electrons. The fourth-order valence-electron chi connectivity index (χ4n) is 3.12. The molecule has 1 aromatic heterocycles. The van der Waals surface area contributed by atoms with E-state index in [4.69, 9.17) is 8.97 Å². The third-order valence-electron chi connectivity index (χ3n) is 4.26. The van der Waals surface area contributed by atoms with Gasteiger partial charge in [-0.1, -0.05) is 19.8 Å². The highest BCUT2D eigenvalue weighted by molar-refractivity contribution is 7.80. The number of aryl methyl sites for hydroxylation is 1. The molecule has 0 aliphatic carbocycles. The molecular weight excluding hydrogens is 340 g/mol. The first-order valence-corrected chi connectivity index (χ1v) is 9.34. The zero-order valence-electron chi connectivity index (χ0n) is 13.3. The van der Waals surface area contributed by atoms with Gasteiger partial charge in [0.2, 0.25) is 11.8 Å². The fraction of sp³-hybridized carbons (Fsp3) is 0.769. The Morgan fingerprint density at radius 2 is 2.12 bits per heavy atom. The summed E-state index contributed by atoms with van der Waals surface area (Å²) < 4.78 is 40.6. The van der Waals surface area contributed by atoms with Crippen LogP contribution in [0.1, 0.15) is 56.9 Å². The zero-order chi connectivity index (χ0) is 17.3. The lowest BCUT2D eigenvalue weighted by molar-refractivity contribution is -0.0317. The fourth-order valence-corrected chi connectivity index (χ4v) is 3.51. The Morgan fingerprint density at radius 1 is 1.33 bits per heavy atom. The molecule has 2 aliphatic heterocycles. The van der Waals surface area contributed by atoms with E-state index in [9.17, 15) is 13.2 Å². The predicted molar refractivity (Wildman–Crippen MR) is 79.9 cm³/mol. The van der Waals surface area contributed by atoms with Crippen molar-refractivity contribution in [1.29, 1.82) is 0 Å². The van der Waals surface area contributed by atoms with Crippen LogP contribution >= 0.6 is 0 Å². The highest BCUT2D eigenvalue weighted by atomic mass is 32.3. The summed E-state index contributed by atoms with van der Waals surface area (Å²) in [6, 6.07) is -1.47. The van der Waals surface area contributed by atoms with Gasteiger partial charge in [-0.15, -0.1) is 14.5 Å². The Kier molecular flexibility index (Phi) is 4.74. The Balaban J connectivity index is 1.70. The van der Waals surface area contributed by atoms with Crippen molar-refractivity contribution in [2.75, 3.05) is 6.54 Å². The molecule has 1 N–H and O–H groups in total. The summed E-state index contributed by atoms with van der Waals surface area (Å²) in [5, 5.41) is 8.75. The number of urea groups is 1. The van der Waals surface area contributed by atoms with Crippen LogP contribution < -0.4 is 0 Å². The van der Waals surface area contributed by atoms with Crippen molar-refractivity contribution in [2.45, 2.75) is 57.5 Å². The summed E-state index contributed by atoms with van der Waals surface area (Å²) in [4.78, 5) is 13.8. The van der Waals surface area contributed by atoms with Crippen LogP contribution in [0.4, 0.5) is 4.79 Å². The lowest BCUT2D eigenvalue weighted by atomic mass is 10.0. The van der Waals surface area contributed by atoms with Crippen LogP contribution in [0.25, 0.3) is 0 Å². The number of nitrogens with zero attached hydrogens (tertiary/aromatic N) is 4. The molecule has 0 aromatic carbocycles. The molecule has 2 aliphatic rings. The average molecular weight is 360 g/mol. The molecule has 2 amide bonds. The van der Waals surface area contributed by atoms with Crippen LogP contribution in [-0.2, 0) is 21.1 Å². The maximum absolute atomic E-state index is 12.3. The van der Waals surface area contributed by atoms with Crippen molar-refractivity contribution in [2.24, 2.45) is 0 Å². The van der Waals surface area contributed by atoms with Gasteiger partial charge in [0.15, 0.2) is 0 Å². The van der Waals surface area contributed by atoms with Crippen LogP contribution in [0, 0.1) is 0 Å². The number of piperidine rings is 1. The zero-order valence-corrected chi connectivity index (χ0v) is 14.1. The predicted octanol–water partition coefficient (Wildman–Crippen LogP) is 1.48. The molecule has 134 valence electrons. The molecule has 3 heterocycles. The lowest BCUT2D eigenvalue weighted by Gasteiger charge is -2.27. The average Bonchev–Trinajstić information content (AvgIpc) is 3.07. The first-order valence-electron chi connectivity index (χ1n) is 7.98. The van der Waals surface area contributed by atoms with Gasteiger partial charge >= 0.3 is 16.4 Å². The Labute approximate surface area is 139 Å². The standard InChI is InChI=1S/C13H20N4O6S/c1-2-3-4-5-11-14-15-12(22-11)10-7-6-9-8-16(10)13(18)17(9)23-24(19,20)21/h9-10H,2-8H2,1H3,(H,19,20,21)/t9-,10+/m1/s1. The summed E-state index contributed by atoms with van der Waals surface area (Å²) in [5.41, 5.74) is 0. The van der Waals surface area contributed by atoms with Crippen LogP contribution in [0.15, 0.2) is 4.42 Å². The number of rotatable bonds is 7. The van der Waals surface area contributed by atoms with Crippen LogP contribution in [-0.4, -0.2) is 51.7 Å². The second kappa shape index (κ2) is 6.65. The summed E-state index contributed by atoms with van der Waals surface area (Å²) >= 11 is 0. The normalized spacial score (nSPS) is 24.0. The van der Waals surface area contributed by atoms with E-state index in [0.29, 0.717) is 36.1 Å². The molecule has 2 saturated heterocycles. The Bertz CT molecular complexity index is 705.